The summed E-state index contributed by atoms with van der Waals surface area (Å²) < 4.78 is 70.4. The zero-order chi connectivity index (χ0) is 42.5. The van der Waals surface area contributed by atoms with Crippen LogP contribution in [0.5, 0.6) is 0 Å². The number of anilines is 10. The zero-order valence-corrected chi connectivity index (χ0v) is 31.9. The van der Waals surface area contributed by atoms with Crippen LogP contribution in [0.3, 0.4) is 0 Å². The van der Waals surface area contributed by atoms with Crippen LogP contribution >= 0.6 is 0 Å². The molecule has 2 heterocycles. The fourth-order valence-electron chi connectivity index (χ4n) is 5.18. The molecule has 6 aromatic rings. The van der Waals surface area contributed by atoms with E-state index < -0.39 is 41.8 Å². The predicted molar refractivity (Wildman–Crippen MR) is 218 cm³/mol. The van der Waals surface area contributed by atoms with Crippen LogP contribution in [0.15, 0.2) is 94.7 Å². The first-order valence-electron chi connectivity index (χ1n) is 16.7. The standard InChI is InChI=1S/C35H32N14O8S2/c1-39-31-46-34(41-23-12-8-21(9-13-23)29(37)51)49-35(47-31)43-25-15-5-19(27(17-25)59(55,56)57)3-2-18-4-14-24(16-26(18)58(52,53)54)42-33-45-30(38)44-32(48-33)40-22-10-6-20(7-11-22)28(36)50/h2-17H,1H3,(H2,36,50)(H2,37,51)(H,52,53,54)(H,55,56,57)(H4,38,40,42,44,45,48)(H3,39,41,43,46,47,49)/b3-2+. The maximum atomic E-state index is 12.5. The Morgan fingerprint density at radius 2 is 0.847 bits per heavy atom. The van der Waals surface area contributed by atoms with E-state index in [4.69, 9.17) is 17.2 Å². The molecule has 0 bridgehead atoms. The highest BCUT2D eigenvalue weighted by Gasteiger charge is 2.19. The smallest absolute Gasteiger partial charge is 0.295 e. The third-order valence-electron chi connectivity index (χ3n) is 7.90. The second kappa shape index (κ2) is 16.7. The minimum atomic E-state index is -4.87. The Morgan fingerprint density at radius 3 is 1.19 bits per heavy atom. The fraction of sp³-hybridized carbons (Fsp3) is 0.0286. The first kappa shape index (κ1) is 40.9. The number of nitrogens with one attached hydrogen (secondary N) is 5. The summed E-state index contributed by atoms with van der Waals surface area (Å²) in [5.41, 5.74) is 18.1. The van der Waals surface area contributed by atoms with Gasteiger partial charge in [-0.25, -0.2) is 0 Å². The van der Waals surface area contributed by atoms with Gasteiger partial charge >= 0.3 is 0 Å². The van der Waals surface area contributed by atoms with Crippen LogP contribution in [0.4, 0.5) is 58.4 Å². The van der Waals surface area contributed by atoms with Gasteiger partial charge in [-0.3, -0.25) is 18.7 Å². The fourth-order valence-corrected chi connectivity index (χ4v) is 6.60. The van der Waals surface area contributed by atoms with E-state index >= 15 is 0 Å². The molecule has 0 saturated heterocycles. The molecule has 4 aromatic carbocycles. The van der Waals surface area contributed by atoms with Crippen molar-refractivity contribution < 1.29 is 35.5 Å². The Labute approximate surface area is 335 Å². The number of amides is 2. The normalized spacial score (nSPS) is 11.5. The van der Waals surface area contributed by atoms with E-state index in [0.29, 0.717) is 16.9 Å². The minimum absolute atomic E-state index is 0.000473. The van der Waals surface area contributed by atoms with Gasteiger partial charge in [0.2, 0.25) is 47.5 Å². The van der Waals surface area contributed by atoms with Gasteiger partial charge in [0.15, 0.2) is 0 Å². The number of benzene rings is 4. The molecule has 0 aliphatic rings. The molecule has 0 saturated carbocycles. The maximum absolute atomic E-state index is 12.5. The SMILES string of the molecule is CNc1nc(Nc2ccc(C(N)=O)cc2)nc(Nc2ccc(/C=C/c3ccc(Nc4nc(N)nc(Nc5ccc(C(N)=O)cc5)n4)cc3S(=O)(=O)O)c(S(=O)(=O)O)c2)n1. The van der Waals surface area contributed by atoms with Crippen molar-refractivity contribution in [3.8, 4) is 0 Å². The zero-order valence-electron chi connectivity index (χ0n) is 30.3. The van der Waals surface area contributed by atoms with E-state index in [-0.39, 0.29) is 63.8 Å². The number of hydrogen-bond acceptors (Lipinski definition) is 18. The van der Waals surface area contributed by atoms with E-state index in [9.17, 15) is 35.5 Å². The third kappa shape index (κ3) is 10.5. The topological polar surface area (TPSA) is 358 Å². The lowest BCUT2D eigenvalue weighted by Gasteiger charge is -2.12. The summed E-state index contributed by atoms with van der Waals surface area (Å²) in [7, 11) is -8.18. The molecular weight excluding hydrogens is 809 g/mol. The molecule has 0 spiro atoms. The van der Waals surface area contributed by atoms with Crippen molar-refractivity contribution in [2.45, 2.75) is 9.79 Å². The summed E-state index contributed by atoms with van der Waals surface area (Å²) in [6, 6.07) is 20.0. The highest BCUT2D eigenvalue weighted by atomic mass is 32.2. The van der Waals surface area contributed by atoms with E-state index in [1.807, 2.05) is 0 Å². The predicted octanol–water partition coefficient (Wildman–Crippen LogP) is 3.52. The van der Waals surface area contributed by atoms with Crippen molar-refractivity contribution in [3.05, 3.63) is 107 Å². The summed E-state index contributed by atoms with van der Waals surface area (Å²) in [6.07, 6.45) is 2.44. The molecule has 0 unspecified atom stereocenters. The summed E-state index contributed by atoms with van der Waals surface area (Å²) in [5.74, 6) is -1.33. The van der Waals surface area contributed by atoms with Gasteiger partial charge in [-0.15, -0.1) is 0 Å². The third-order valence-corrected chi connectivity index (χ3v) is 9.72. The van der Waals surface area contributed by atoms with Gasteiger partial charge < -0.3 is 43.8 Å². The number of aromatic nitrogens is 6. The Hall–Kier alpha value is -7.80. The number of nitrogens with two attached hydrogens (primary N) is 3. The second-order valence-electron chi connectivity index (χ2n) is 12.1. The van der Waals surface area contributed by atoms with Crippen molar-refractivity contribution in [3.63, 3.8) is 0 Å². The van der Waals surface area contributed by atoms with Gasteiger partial charge in [-0.05, 0) is 83.9 Å². The molecule has 2 amide bonds. The molecule has 0 fully saturated rings. The van der Waals surface area contributed by atoms with Gasteiger partial charge in [0.1, 0.15) is 9.79 Å². The molecule has 24 heteroatoms. The maximum Gasteiger partial charge on any atom is 0.295 e. The summed E-state index contributed by atoms with van der Waals surface area (Å²) in [6.45, 7) is 0. The van der Waals surface area contributed by atoms with E-state index in [0.717, 1.165) is 12.1 Å². The van der Waals surface area contributed by atoms with Crippen molar-refractivity contribution in [1.29, 1.82) is 0 Å². The van der Waals surface area contributed by atoms with Crippen LogP contribution in [0.2, 0.25) is 0 Å². The second-order valence-corrected chi connectivity index (χ2v) is 14.8. The number of carbonyl (C=O) groups excluding carboxylic acids is 2. The lowest BCUT2D eigenvalue weighted by Crippen LogP contribution is -2.11. The number of rotatable bonds is 15. The van der Waals surface area contributed by atoms with E-state index in [1.54, 1.807) is 31.3 Å². The Bertz CT molecular complexity index is 2840. The summed E-state index contributed by atoms with van der Waals surface area (Å²) >= 11 is 0. The van der Waals surface area contributed by atoms with E-state index in [2.05, 4.69) is 56.5 Å². The highest BCUT2D eigenvalue weighted by molar-refractivity contribution is 7.86. The van der Waals surface area contributed by atoms with Gasteiger partial charge in [-0.2, -0.15) is 46.7 Å². The van der Waals surface area contributed by atoms with Crippen LogP contribution in [-0.4, -0.2) is 74.7 Å². The first-order valence-corrected chi connectivity index (χ1v) is 19.6. The highest BCUT2D eigenvalue weighted by Crippen LogP contribution is 2.29. The number of nitrogen functional groups attached to an aromatic ring is 1. The quantitative estimate of drug-likeness (QED) is 0.0522. The number of nitrogens with zero attached hydrogens (tertiary/aromatic N) is 6. The molecule has 0 radical (unpaired) electrons. The number of hydrogen-bond donors (Lipinski definition) is 10. The van der Waals surface area contributed by atoms with Gasteiger partial charge in [-0.1, -0.05) is 24.3 Å². The van der Waals surface area contributed by atoms with Crippen LogP contribution in [-0.2, 0) is 20.2 Å². The van der Waals surface area contributed by atoms with Crippen LogP contribution in [0, 0.1) is 0 Å². The van der Waals surface area contributed by atoms with Gasteiger partial charge in [0.25, 0.3) is 20.2 Å². The van der Waals surface area contributed by atoms with Crippen LogP contribution in [0.25, 0.3) is 12.2 Å². The lowest BCUT2D eigenvalue weighted by atomic mass is 10.1. The molecule has 0 aliphatic heterocycles. The molecule has 302 valence electrons. The average Bonchev–Trinajstić information content (AvgIpc) is 3.17. The summed E-state index contributed by atoms with van der Waals surface area (Å²) in [4.78, 5) is 46.6. The molecule has 2 aromatic heterocycles. The van der Waals surface area contributed by atoms with Crippen molar-refractivity contribution in [2.24, 2.45) is 11.5 Å². The lowest BCUT2D eigenvalue weighted by molar-refractivity contribution is 0.0992. The van der Waals surface area contributed by atoms with E-state index in [1.165, 1.54) is 60.7 Å². The van der Waals surface area contributed by atoms with Gasteiger partial charge in [0.05, 0.1) is 0 Å². The minimum Gasteiger partial charge on any atom is -0.368 e. The van der Waals surface area contributed by atoms with Crippen molar-refractivity contribution >= 4 is 103 Å². The van der Waals surface area contributed by atoms with Crippen molar-refractivity contribution in [1.82, 2.24) is 29.9 Å². The van der Waals surface area contributed by atoms with Crippen LogP contribution in [0.1, 0.15) is 31.8 Å². The van der Waals surface area contributed by atoms with Crippen LogP contribution < -0.4 is 43.8 Å². The molecule has 6 rings (SSSR count). The summed E-state index contributed by atoms with van der Waals surface area (Å²) in [5, 5.41) is 14.3. The first-order chi connectivity index (χ1) is 27.9. The molecular formula is C35H32N14O8S2. The Morgan fingerprint density at radius 1 is 0.525 bits per heavy atom. The monoisotopic (exact) mass is 840 g/mol. The number of primary amides is 2. The Balaban J connectivity index is 1.23. The number of carbonyl (C=O) groups is 2. The molecule has 0 atom stereocenters. The molecule has 13 N–H and O–H groups in total. The van der Waals surface area contributed by atoms with Gasteiger partial charge in [0, 0.05) is 40.9 Å². The molecule has 0 aliphatic carbocycles. The Kier molecular flexibility index (Phi) is 11.6. The largest absolute Gasteiger partial charge is 0.368 e. The average molecular weight is 841 g/mol. The molecule has 22 nitrogen and oxygen atoms in total. The van der Waals surface area contributed by atoms with Crippen molar-refractivity contribution in [2.75, 3.05) is 39.4 Å². The molecule has 59 heavy (non-hydrogen) atoms.